The normalized spacial score (nSPS) is 14.0. The number of aromatic hydroxyl groups is 2. The summed E-state index contributed by atoms with van der Waals surface area (Å²) in [7, 11) is 0. The Morgan fingerprint density at radius 3 is 1.80 bits per heavy atom. The molecule has 8 aromatic carbocycles. The van der Waals surface area contributed by atoms with Crippen LogP contribution in [0, 0.1) is 0 Å². The number of thioether (sulfide) groups is 1. The lowest BCUT2D eigenvalue weighted by Gasteiger charge is -2.19. The van der Waals surface area contributed by atoms with Crippen molar-refractivity contribution in [3.63, 3.8) is 0 Å². The van der Waals surface area contributed by atoms with Crippen molar-refractivity contribution in [3.8, 4) is 44.3 Å². The number of hydrogen-bond acceptors (Lipinski definition) is 6. The minimum atomic E-state index is 0.0820. The van der Waals surface area contributed by atoms with Gasteiger partial charge in [-0.15, -0.1) is 11.3 Å². The van der Waals surface area contributed by atoms with E-state index in [9.17, 15) is 10.2 Å². The minimum Gasteiger partial charge on any atom is -0.508 e. The van der Waals surface area contributed by atoms with Gasteiger partial charge in [0, 0.05) is 16.1 Å². The van der Waals surface area contributed by atoms with Gasteiger partial charge in [-0.05, 0) is 109 Å². The molecular weight excluding hydrogens is 653 g/mol. The molecule has 0 radical (unpaired) electrons. The minimum absolute atomic E-state index is 0.0820. The zero-order valence-corrected chi connectivity index (χ0v) is 28.2. The first-order valence-corrected chi connectivity index (χ1v) is 18.2. The highest BCUT2D eigenvalue weighted by Gasteiger charge is 2.24. The second kappa shape index (κ2) is 11.4. The SMILES string of the molecule is Oc1ccc2c(c1)SC(c1ccc(-c3c4ccccc4c(-c4ccc(-c5nc6ccc(O)cc6s5)cc4)c4cc5ccccc5cc34)cc1)N2. The first-order valence-electron chi connectivity index (χ1n) is 16.5. The molecule has 0 spiro atoms. The Hall–Kier alpha value is -5.82. The molecule has 10 rings (SSSR count). The van der Waals surface area contributed by atoms with Crippen molar-refractivity contribution >= 4 is 71.3 Å². The van der Waals surface area contributed by atoms with Crippen LogP contribution in [0.3, 0.4) is 0 Å². The van der Waals surface area contributed by atoms with Crippen molar-refractivity contribution in [2.24, 2.45) is 0 Å². The van der Waals surface area contributed by atoms with Crippen LogP contribution < -0.4 is 5.32 Å². The smallest absolute Gasteiger partial charge is 0.124 e. The number of anilines is 1. The van der Waals surface area contributed by atoms with Crippen LogP contribution in [0.2, 0.25) is 0 Å². The van der Waals surface area contributed by atoms with Gasteiger partial charge in [0.25, 0.3) is 0 Å². The molecule has 1 atom stereocenters. The number of hydrogen-bond donors (Lipinski definition) is 3. The number of fused-ring (bicyclic) bond motifs is 5. The van der Waals surface area contributed by atoms with Gasteiger partial charge >= 0.3 is 0 Å². The highest BCUT2D eigenvalue weighted by atomic mass is 32.2. The van der Waals surface area contributed by atoms with Crippen molar-refractivity contribution in [1.29, 1.82) is 0 Å². The van der Waals surface area contributed by atoms with Gasteiger partial charge in [0.05, 0.1) is 10.2 Å². The van der Waals surface area contributed by atoms with Gasteiger partial charge < -0.3 is 15.5 Å². The molecule has 50 heavy (non-hydrogen) atoms. The van der Waals surface area contributed by atoms with E-state index in [1.165, 1.54) is 54.6 Å². The molecule has 1 aliphatic heterocycles. The molecule has 6 heteroatoms. The second-order valence-corrected chi connectivity index (χ2v) is 14.9. The highest BCUT2D eigenvalue weighted by molar-refractivity contribution is 8.00. The Bertz CT molecular complexity index is 2790. The van der Waals surface area contributed by atoms with Crippen LogP contribution >= 0.6 is 23.1 Å². The Balaban J connectivity index is 1.12. The molecule has 238 valence electrons. The van der Waals surface area contributed by atoms with Crippen LogP contribution in [0.4, 0.5) is 5.69 Å². The maximum absolute atomic E-state index is 9.99. The fourth-order valence-electron chi connectivity index (χ4n) is 7.30. The van der Waals surface area contributed by atoms with Crippen LogP contribution in [-0.4, -0.2) is 15.2 Å². The standard InChI is InChI=1S/C44H28N2O2S2/c47-31-17-19-37-39(23-31)49-43(45-37)27-13-9-25(10-14-27)41-33-7-3-4-8-34(33)42(36-22-30-6-2-1-5-29(30)21-35(36)41)26-11-15-28(16-12-26)44-46-38-20-18-32(48)24-40(38)50-44/h1-24,43,45,47-48H. The number of rotatable bonds is 4. The molecule has 2 heterocycles. The Morgan fingerprint density at radius 1 is 0.540 bits per heavy atom. The number of nitrogens with one attached hydrogen (secondary N) is 1. The quantitative estimate of drug-likeness (QED) is 0.128. The summed E-state index contributed by atoms with van der Waals surface area (Å²) in [4.78, 5) is 5.91. The van der Waals surface area contributed by atoms with Crippen molar-refractivity contribution in [2.45, 2.75) is 10.3 Å². The molecule has 1 unspecified atom stereocenters. The first-order chi connectivity index (χ1) is 24.6. The lowest BCUT2D eigenvalue weighted by Crippen LogP contribution is -2.00. The monoisotopic (exact) mass is 680 g/mol. The van der Waals surface area contributed by atoms with Crippen LogP contribution in [0.5, 0.6) is 11.5 Å². The van der Waals surface area contributed by atoms with Crippen LogP contribution in [0.15, 0.2) is 150 Å². The third-order valence-electron chi connectivity index (χ3n) is 9.68. The number of thiazole rings is 1. The molecule has 9 aromatic rings. The summed E-state index contributed by atoms with van der Waals surface area (Å²) in [5.41, 5.74) is 8.96. The van der Waals surface area contributed by atoms with Crippen molar-refractivity contribution in [2.75, 3.05) is 5.32 Å². The van der Waals surface area contributed by atoms with Crippen LogP contribution in [0.25, 0.3) is 75.4 Å². The van der Waals surface area contributed by atoms with Gasteiger partial charge in [0.2, 0.25) is 0 Å². The lowest BCUT2D eigenvalue weighted by atomic mass is 9.84. The molecule has 0 saturated heterocycles. The summed E-state index contributed by atoms with van der Waals surface area (Å²) in [6, 6.07) is 50.6. The Morgan fingerprint density at radius 2 is 1.12 bits per heavy atom. The number of benzene rings is 8. The number of aromatic nitrogens is 1. The fourth-order valence-corrected chi connectivity index (χ4v) is 9.48. The summed E-state index contributed by atoms with van der Waals surface area (Å²) in [5, 5.41) is 31.9. The first kappa shape index (κ1) is 29.1. The van der Waals surface area contributed by atoms with Crippen LogP contribution in [-0.2, 0) is 0 Å². The molecule has 0 fully saturated rings. The zero-order chi connectivity index (χ0) is 33.3. The van der Waals surface area contributed by atoms with Gasteiger partial charge in [0.1, 0.15) is 21.9 Å². The summed E-state index contributed by atoms with van der Waals surface area (Å²) >= 11 is 3.32. The summed E-state index contributed by atoms with van der Waals surface area (Å²) < 4.78 is 0.972. The molecule has 0 bridgehead atoms. The van der Waals surface area contributed by atoms with E-state index in [0.29, 0.717) is 0 Å². The second-order valence-electron chi connectivity index (χ2n) is 12.7. The van der Waals surface area contributed by atoms with Crippen molar-refractivity contribution < 1.29 is 10.2 Å². The van der Waals surface area contributed by atoms with Gasteiger partial charge in [-0.1, -0.05) is 109 Å². The molecule has 0 amide bonds. The Labute approximate surface area is 296 Å². The van der Waals surface area contributed by atoms with Crippen molar-refractivity contribution in [1.82, 2.24) is 4.98 Å². The van der Waals surface area contributed by atoms with E-state index < -0.39 is 0 Å². The molecular formula is C44H28N2O2S2. The lowest BCUT2D eigenvalue weighted by molar-refractivity contribution is 0.474. The molecule has 1 aromatic heterocycles. The topological polar surface area (TPSA) is 65.4 Å². The number of nitrogens with zero attached hydrogens (tertiary/aromatic N) is 1. The molecule has 4 nitrogen and oxygen atoms in total. The summed E-state index contributed by atoms with van der Waals surface area (Å²) in [6.45, 7) is 0. The summed E-state index contributed by atoms with van der Waals surface area (Å²) in [5.74, 6) is 0.543. The molecule has 3 N–H and O–H groups in total. The maximum atomic E-state index is 9.99. The van der Waals surface area contributed by atoms with E-state index in [-0.39, 0.29) is 16.9 Å². The van der Waals surface area contributed by atoms with E-state index in [1.54, 1.807) is 41.3 Å². The van der Waals surface area contributed by atoms with E-state index in [4.69, 9.17) is 4.98 Å². The van der Waals surface area contributed by atoms with Crippen molar-refractivity contribution in [3.05, 3.63) is 151 Å². The summed E-state index contributed by atoms with van der Waals surface area (Å²) in [6.07, 6.45) is 0. The third kappa shape index (κ3) is 4.79. The molecule has 0 aliphatic carbocycles. The van der Waals surface area contributed by atoms with Gasteiger partial charge in [-0.2, -0.15) is 0 Å². The van der Waals surface area contributed by atoms with E-state index in [0.717, 1.165) is 36.9 Å². The third-order valence-corrected chi connectivity index (χ3v) is 12.0. The zero-order valence-electron chi connectivity index (χ0n) is 26.6. The van der Waals surface area contributed by atoms with E-state index in [1.807, 2.05) is 18.2 Å². The number of phenolic OH excluding ortho intramolecular Hbond substituents is 2. The maximum Gasteiger partial charge on any atom is 0.124 e. The molecule has 0 saturated carbocycles. The van der Waals surface area contributed by atoms with Gasteiger partial charge in [-0.25, -0.2) is 4.98 Å². The largest absolute Gasteiger partial charge is 0.508 e. The highest BCUT2D eigenvalue weighted by Crippen LogP contribution is 2.49. The average Bonchev–Trinajstić information content (AvgIpc) is 3.77. The molecule has 1 aliphatic rings. The predicted octanol–water partition coefficient (Wildman–Crippen LogP) is 12.4. The Kier molecular flexibility index (Phi) is 6.63. The average molecular weight is 681 g/mol. The number of phenols is 2. The van der Waals surface area contributed by atoms with E-state index in [2.05, 4.69) is 115 Å². The van der Waals surface area contributed by atoms with Crippen LogP contribution in [0.1, 0.15) is 10.9 Å². The fraction of sp³-hybridized carbons (Fsp3) is 0.0227. The van der Waals surface area contributed by atoms with E-state index >= 15 is 0 Å². The van der Waals surface area contributed by atoms with Gasteiger partial charge in [-0.3, -0.25) is 0 Å². The van der Waals surface area contributed by atoms with Gasteiger partial charge in [0.15, 0.2) is 0 Å². The predicted molar refractivity (Wildman–Crippen MR) is 210 cm³/mol.